The number of benzene rings is 5. The Labute approximate surface area is 398 Å². The summed E-state index contributed by atoms with van der Waals surface area (Å²) in [5, 5.41) is 0. The van der Waals surface area contributed by atoms with Crippen molar-refractivity contribution in [1.82, 2.24) is 0 Å². The van der Waals surface area contributed by atoms with Gasteiger partial charge in [-0.15, -0.1) is 0 Å². The number of rotatable bonds is 23. The first-order chi connectivity index (χ1) is 32.6. The molecule has 1 saturated heterocycles. The number of esters is 1. The van der Waals surface area contributed by atoms with Crippen molar-refractivity contribution in [3.8, 4) is 0 Å². The van der Waals surface area contributed by atoms with Crippen molar-refractivity contribution in [2.75, 3.05) is 13.2 Å². The van der Waals surface area contributed by atoms with E-state index in [1.165, 1.54) is 0 Å². The summed E-state index contributed by atoms with van der Waals surface area (Å²) in [6, 6.07) is 48.9. The highest BCUT2D eigenvalue weighted by molar-refractivity contribution is 6.77. The van der Waals surface area contributed by atoms with Crippen molar-refractivity contribution in [3.05, 3.63) is 192 Å². The van der Waals surface area contributed by atoms with Gasteiger partial charge in [0.2, 0.25) is 0 Å². The Morgan fingerprint density at radius 3 is 1.40 bits per heavy atom. The van der Waals surface area contributed by atoms with Gasteiger partial charge >= 0.3 is 5.97 Å². The lowest BCUT2D eigenvalue weighted by molar-refractivity contribution is -0.320. The molecule has 7 rings (SSSR count). The average molecular weight is 929 g/mol. The van der Waals surface area contributed by atoms with E-state index in [2.05, 4.69) is 41.5 Å². The van der Waals surface area contributed by atoms with Crippen LogP contribution < -0.4 is 0 Å². The minimum absolute atomic E-state index is 0.00373. The zero-order valence-electron chi connectivity index (χ0n) is 39.8. The van der Waals surface area contributed by atoms with Gasteiger partial charge in [0.25, 0.3) is 0 Å². The molecule has 1 fully saturated rings. The molecular weight excluding hydrogens is 861 g/mol. The predicted molar refractivity (Wildman–Crippen MR) is 261 cm³/mol. The van der Waals surface area contributed by atoms with Gasteiger partial charge in [0, 0.05) is 0 Å². The minimum Gasteiger partial charge on any atom is -0.493 e. The second-order valence-corrected chi connectivity index (χ2v) is 23.7. The van der Waals surface area contributed by atoms with Crippen LogP contribution in [-0.2, 0) is 68.7 Å². The van der Waals surface area contributed by atoms with E-state index in [-0.39, 0.29) is 26.4 Å². The second kappa shape index (κ2) is 24.9. The van der Waals surface area contributed by atoms with Crippen LogP contribution in [0.5, 0.6) is 0 Å². The van der Waals surface area contributed by atoms with Crippen LogP contribution in [0.3, 0.4) is 0 Å². The monoisotopic (exact) mass is 928 g/mol. The van der Waals surface area contributed by atoms with Gasteiger partial charge < -0.3 is 42.3 Å². The third-order valence-corrected chi connectivity index (χ3v) is 18.9. The highest BCUT2D eigenvalue weighted by atomic mass is 28.4. The molecule has 5 aromatic carbocycles. The lowest BCUT2D eigenvalue weighted by Crippen LogP contribution is -2.63. The fourth-order valence-corrected chi connectivity index (χ4v) is 15.0. The zero-order chi connectivity index (χ0) is 47.0. The molecule has 0 spiro atoms. The van der Waals surface area contributed by atoms with E-state index in [4.69, 9.17) is 42.3 Å². The second-order valence-electron chi connectivity index (χ2n) is 18.3. The van der Waals surface area contributed by atoms with Crippen LogP contribution in [0.15, 0.2) is 164 Å². The molecule has 0 amide bonds. The van der Waals surface area contributed by atoms with Crippen LogP contribution in [-0.4, -0.2) is 76.5 Å². The molecule has 0 aliphatic carbocycles. The molecule has 0 radical (unpaired) electrons. The third-order valence-electron chi connectivity index (χ3n) is 12.8. The van der Waals surface area contributed by atoms with Crippen molar-refractivity contribution < 1.29 is 47.1 Å². The standard InChI is InChI=1S/C56H68O10Si/c1-40(2)67(41(3)4,42(5)6)64-39-50-52(61-36-45-26-16-9-17-27-45)53(62-37-46-28-18-10-19-29-46)54(66-55(57)47-30-20-11-21-31-47)56(65-50)63-38-49-51(60-35-44-24-14-8-15-25-44)48(32-33-58-49)59-34-43-22-12-7-13-23-43/h7-33,40-42,48-54,56H,34-39H2,1-6H3/t48-,49-,50-,51+,52-,53+,54-,56-/m1/s1. The van der Waals surface area contributed by atoms with Gasteiger partial charge in [-0.3, -0.25) is 0 Å². The van der Waals surface area contributed by atoms with E-state index in [0.29, 0.717) is 35.4 Å². The number of hydrogen-bond donors (Lipinski definition) is 0. The number of ether oxygens (including phenoxy) is 8. The molecule has 11 heteroatoms. The van der Waals surface area contributed by atoms with Crippen LogP contribution in [0.25, 0.3) is 0 Å². The smallest absolute Gasteiger partial charge is 0.338 e. The van der Waals surface area contributed by atoms with Crippen LogP contribution >= 0.6 is 0 Å². The van der Waals surface area contributed by atoms with Crippen LogP contribution in [0, 0.1) is 0 Å². The molecule has 356 valence electrons. The lowest BCUT2D eigenvalue weighted by Gasteiger charge is -2.48. The normalized spacial score (nSPS) is 23.1. The Balaban J connectivity index is 1.24. The SMILES string of the molecule is CC(C)[Si](OC[C@H]1O[C@@H](OC[C@H]2OC=C[C@@H](OCc3ccccc3)[C@@H]2OCc2ccccc2)[C@H](OC(=O)c2ccccc2)[C@@H](OCc2ccccc2)[C@@H]1OCc1ccccc1)(C(C)C)C(C)C. The first-order valence-electron chi connectivity index (χ1n) is 23.7. The summed E-state index contributed by atoms with van der Waals surface area (Å²) in [5.74, 6) is -0.547. The maximum absolute atomic E-state index is 14.2. The molecule has 0 bridgehead atoms. The van der Waals surface area contributed by atoms with Crippen LogP contribution in [0.4, 0.5) is 0 Å². The summed E-state index contributed by atoms with van der Waals surface area (Å²) in [5.41, 5.74) is 5.30. The van der Waals surface area contributed by atoms with Crippen LogP contribution in [0.2, 0.25) is 16.6 Å². The summed E-state index contributed by atoms with van der Waals surface area (Å²) >= 11 is 0. The van der Waals surface area contributed by atoms with Crippen LogP contribution in [0.1, 0.15) is 74.2 Å². The van der Waals surface area contributed by atoms with Crippen molar-refractivity contribution >= 4 is 14.3 Å². The van der Waals surface area contributed by atoms with Crippen molar-refractivity contribution in [3.63, 3.8) is 0 Å². The fraction of sp³-hybridized carbons (Fsp3) is 0.411. The maximum Gasteiger partial charge on any atom is 0.338 e. The highest BCUT2D eigenvalue weighted by Gasteiger charge is 2.53. The molecular formula is C56H68O10Si. The molecule has 0 aromatic heterocycles. The Morgan fingerprint density at radius 2 is 0.925 bits per heavy atom. The molecule has 5 aromatic rings. The molecule has 2 aliphatic rings. The van der Waals surface area contributed by atoms with Gasteiger partial charge in [-0.05, 0) is 57.1 Å². The Bertz CT molecular complexity index is 2190. The minimum atomic E-state index is -2.42. The molecule has 0 saturated carbocycles. The number of carbonyl (C=O) groups excluding carboxylic acids is 1. The summed E-state index contributed by atoms with van der Waals surface area (Å²) in [6.07, 6.45) is -2.71. The zero-order valence-corrected chi connectivity index (χ0v) is 40.8. The van der Waals surface area contributed by atoms with Gasteiger partial charge in [-0.2, -0.15) is 0 Å². The topological polar surface area (TPSA) is 100 Å². The molecule has 10 nitrogen and oxygen atoms in total. The third kappa shape index (κ3) is 13.4. The van der Waals surface area contributed by atoms with Gasteiger partial charge in [0.15, 0.2) is 26.8 Å². The average Bonchev–Trinajstić information content (AvgIpc) is 3.35. The van der Waals surface area contributed by atoms with Gasteiger partial charge in [-0.1, -0.05) is 181 Å². The largest absolute Gasteiger partial charge is 0.493 e. The molecule has 2 heterocycles. The molecule has 2 aliphatic heterocycles. The van der Waals surface area contributed by atoms with E-state index in [1.54, 1.807) is 30.5 Å². The van der Waals surface area contributed by atoms with E-state index < -0.39 is 63.3 Å². The number of hydrogen-bond acceptors (Lipinski definition) is 10. The molecule has 67 heavy (non-hydrogen) atoms. The van der Waals surface area contributed by atoms with E-state index >= 15 is 0 Å². The molecule has 0 N–H and O–H groups in total. The van der Waals surface area contributed by atoms with Crippen molar-refractivity contribution in [1.29, 1.82) is 0 Å². The Kier molecular flexibility index (Phi) is 18.5. The van der Waals surface area contributed by atoms with E-state index in [0.717, 1.165) is 22.3 Å². The fourth-order valence-electron chi connectivity index (χ4n) is 9.52. The Morgan fingerprint density at radius 1 is 0.493 bits per heavy atom. The summed E-state index contributed by atoms with van der Waals surface area (Å²) in [4.78, 5) is 14.2. The first kappa shape index (κ1) is 49.9. The van der Waals surface area contributed by atoms with E-state index in [1.807, 2.05) is 133 Å². The van der Waals surface area contributed by atoms with Gasteiger partial charge in [-0.25, -0.2) is 4.79 Å². The predicted octanol–water partition coefficient (Wildman–Crippen LogP) is 11.4. The molecule has 0 unspecified atom stereocenters. The van der Waals surface area contributed by atoms with E-state index in [9.17, 15) is 4.79 Å². The first-order valence-corrected chi connectivity index (χ1v) is 25.9. The van der Waals surface area contributed by atoms with Gasteiger partial charge in [0.1, 0.15) is 30.5 Å². The molecule has 8 atom stereocenters. The van der Waals surface area contributed by atoms with Gasteiger partial charge in [0.05, 0.1) is 51.5 Å². The summed E-state index contributed by atoms with van der Waals surface area (Å²) in [7, 11) is -2.42. The Hall–Kier alpha value is -4.95. The lowest BCUT2D eigenvalue weighted by atomic mass is 9.97. The summed E-state index contributed by atoms with van der Waals surface area (Å²) < 4.78 is 61.2. The highest BCUT2D eigenvalue weighted by Crippen LogP contribution is 2.43. The maximum atomic E-state index is 14.2. The number of carbonyl (C=O) groups is 1. The summed E-state index contributed by atoms with van der Waals surface area (Å²) in [6.45, 7) is 15.0. The van der Waals surface area contributed by atoms with Crippen molar-refractivity contribution in [2.24, 2.45) is 0 Å². The quantitative estimate of drug-likeness (QED) is 0.0465. The van der Waals surface area contributed by atoms with Crippen molar-refractivity contribution in [2.45, 2.75) is 134 Å².